The molecule has 0 aromatic heterocycles. The van der Waals surface area contributed by atoms with E-state index in [-0.39, 0.29) is 24.7 Å². The molecule has 0 radical (unpaired) electrons. The first-order valence-corrected chi connectivity index (χ1v) is 5.76. The Hall–Kier alpha value is -1.75. The molecule has 1 aromatic rings. The van der Waals surface area contributed by atoms with Gasteiger partial charge in [-0.1, -0.05) is 6.07 Å². The predicted octanol–water partition coefficient (Wildman–Crippen LogP) is 1.87. The Labute approximate surface area is 106 Å². The van der Waals surface area contributed by atoms with Crippen molar-refractivity contribution >= 4 is 5.97 Å². The van der Waals surface area contributed by atoms with Crippen molar-refractivity contribution in [3.63, 3.8) is 0 Å². The van der Waals surface area contributed by atoms with Crippen LogP contribution in [0.1, 0.15) is 18.9 Å². The molecule has 100 valence electrons. The lowest BCUT2D eigenvalue weighted by atomic mass is 10.2. The van der Waals surface area contributed by atoms with E-state index >= 15 is 0 Å². The fourth-order valence-corrected chi connectivity index (χ4v) is 1.35. The van der Waals surface area contributed by atoms with Crippen molar-refractivity contribution in [1.82, 2.24) is 0 Å². The van der Waals surface area contributed by atoms with Crippen LogP contribution in [0.25, 0.3) is 0 Å². The molecule has 5 nitrogen and oxygen atoms in total. The third-order valence-corrected chi connectivity index (χ3v) is 2.30. The second kappa shape index (κ2) is 7.55. The summed E-state index contributed by atoms with van der Waals surface area (Å²) in [6.07, 6.45) is 0.239. The van der Waals surface area contributed by atoms with Crippen molar-refractivity contribution in [2.24, 2.45) is 0 Å². The van der Waals surface area contributed by atoms with Crippen LogP contribution in [0.5, 0.6) is 11.5 Å². The minimum absolute atomic E-state index is 0.0592. The van der Waals surface area contributed by atoms with Crippen molar-refractivity contribution in [3.05, 3.63) is 23.8 Å². The fourth-order valence-electron chi connectivity index (χ4n) is 1.35. The van der Waals surface area contributed by atoms with E-state index in [1.807, 2.05) is 6.92 Å². The van der Waals surface area contributed by atoms with Crippen molar-refractivity contribution in [3.8, 4) is 11.5 Å². The zero-order chi connectivity index (χ0) is 13.4. The Kier molecular flexibility index (Phi) is 6.00. The van der Waals surface area contributed by atoms with Crippen LogP contribution >= 0.6 is 0 Å². The van der Waals surface area contributed by atoms with Gasteiger partial charge in [-0.15, -0.1) is 0 Å². The second-order valence-corrected chi connectivity index (χ2v) is 3.61. The van der Waals surface area contributed by atoms with E-state index in [1.54, 1.807) is 12.1 Å². The maximum atomic E-state index is 11.3. The molecule has 0 aliphatic carbocycles. The fraction of sp³-hybridized carbons (Fsp3) is 0.462. The summed E-state index contributed by atoms with van der Waals surface area (Å²) >= 11 is 0. The number of methoxy groups -OCH3 is 1. The van der Waals surface area contributed by atoms with E-state index in [4.69, 9.17) is 14.2 Å². The van der Waals surface area contributed by atoms with Crippen molar-refractivity contribution < 1.29 is 24.1 Å². The summed E-state index contributed by atoms with van der Waals surface area (Å²) in [5.41, 5.74) is 0.759. The average molecular weight is 254 g/mol. The number of hydrogen-bond acceptors (Lipinski definition) is 5. The van der Waals surface area contributed by atoms with Gasteiger partial charge in [0.1, 0.15) is 6.61 Å². The lowest BCUT2D eigenvalue weighted by Gasteiger charge is -2.08. The maximum Gasteiger partial charge on any atom is 0.308 e. The molecule has 0 bridgehead atoms. The van der Waals surface area contributed by atoms with Crippen LogP contribution in [0.3, 0.4) is 0 Å². The molecule has 0 aliphatic heterocycles. The monoisotopic (exact) mass is 254 g/mol. The molecule has 0 fully saturated rings. The number of benzene rings is 1. The van der Waals surface area contributed by atoms with Gasteiger partial charge in [0, 0.05) is 6.61 Å². The molecule has 0 unspecified atom stereocenters. The molecule has 18 heavy (non-hydrogen) atoms. The largest absolute Gasteiger partial charge is 0.504 e. The van der Waals surface area contributed by atoms with E-state index in [2.05, 4.69) is 0 Å². The summed E-state index contributed by atoms with van der Waals surface area (Å²) in [6.45, 7) is 2.98. The first-order chi connectivity index (χ1) is 8.67. The molecular formula is C13H18O5. The van der Waals surface area contributed by atoms with Gasteiger partial charge in [-0.2, -0.15) is 0 Å². The van der Waals surface area contributed by atoms with E-state index in [9.17, 15) is 9.90 Å². The molecule has 0 amide bonds. The minimum Gasteiger partial charge on any atom is -0.504 e. The number of ether oxygens (including phenoxy) is 3. The number of esters is 1. The number of rotatable bonds is 7. The molecule has 0 atom stereocenters. The Bertz CT molecular complexity index is 389. The van der Waals surface area contributed by atoms with Crippen molar-refractivity contribution in [2.75, 3.05) is 20.3 Å². The molecule has 0 heterocycles. The van der Waals surface area contributed by atoms with Gasteiger partial charge in [-0.05, 0) is 24.6 Å². The third-order valence-electron chi connectivity index (χ3n) is 2.30. The maximum absolute atomic E-state index is 11.3. The summed E-state index contributed by atoms with van der Waals surface area (Å²) in [7, 11) is 1.47. The molecule has 0 saturated carbocycles. The van der Waals surface area contributed by atoms with Crippen molar-refractivity contribution in [1.29, 1.82) is 0 Å². The number of carbonyl (C=O) groups is 1. The third kappa shape index (κ3) is 4.63. The first kappa shape index (κ1) is 14.3. The van der Waals surface area contributed by atoms with Crippen LogP contribution in [0, 0.1) is 0 Å². The highest BCUT2D eigenvalue weighted by atomic mass is 16.5. The molecule has 1 aromatic carbocycles. The smallest absolute Gasteiger partial charge is 0.308 e. The van der Waals surface area contributed by atoms with Gasteiger partial charge in [0.2, 0.25) is 0 Å². The highest BCUT2D eigenvalue weighted by Crippen LogP contribution is 2.26. The average Bonchev–Trinajstić information content (AvgIpc) is 2.38. The summed E-state index contributed by atoms with van der Waals surface area (Å²) in [5, 5.41) is 9.41. The molecule has 5 heteroatoms. The Morgan fingerprint density at radius 1 is 1.39 bits per heavy atom. The standard InChI is InChI=1S/C13H18O5/c1-3-17-7-6-13(15)18-9-10-4-5-11(14)12(8-10)16-2/h4-5,8,14H,3,6-7,9H2,1-2H3. The van der Waals surface area contributed by atoms with Crippen LogP contribution in [-0.2, 0) is 20.9 Å². The Balaban J connectivity index is 2.41. The summed E-state index contributed by atoms with van der Waals surface area (Å²) < 4.78 is 15.1. The summed E-state index contributed by atoms with van der Waals surface area (Å²) in [5.74, 6) is 0.109. The van der Waals surface area contributed by atoms with E-state index in [0.717, 1.165) is 5.56 Å². The normalized spacial score (nSPS) is 10.1. The lowest BCUT2D eigenvalue weighted by Crippen LogP contribution is -2.08. The molecular weight excluding hydrogens is 236 g/mol. The molecule has 0 spiro atoms. The van der Waals surface area contributed by atoms with E-state index < -0.39 is 0 Å². The summed E-state index contributed by atoms with van der Waals surface area (Å²) in [4.78, 5) is 11.3. The Morgan fingerprint density at radius 3 is 2.83 bits per heavy atom. The van der Waals surface area contributed by atoms with E-state index in [1.165, 1.54) is 13.2 Å². The van der Waals surface area contributed by atoms with E-state index in [0.29, 0.717) is 19.0 Å². The van der Waals surface area contributed by atoms with Crippen LogP contribution < -0.4 is 4.74 Å². The van der Waals surface area contributed by atoms with Crippen molar-refractivity contribution in [2.45, 2.75) is 20.0 Å². The van der Waals surface area contributed by atoms with Gasteiger partial charge in [-0.25, -0.2) is 0 Å². The van der Waals surface area contributed by atoms with Gasteiger partial charge in [0.25, 0.3) is 0 Å². The zero-order valence-corrected chi connectivity index (χ0v) is 10.6. The number of hydrogen-bond donors (Lipinski definition) is 1. The van der Waals surface area contributed by atoms with Crippen LogP contribution in [-0.4, -0.2) is 31.4 Å². The number of phenolic OH excluding ortho intramolecular Hbond substituents is 1. The molecule has 0 aliphatic rings. The number of aromatic hydroxyl groups is 1. The molecule has 1 rings (SSSR count). The highest BCUT2D eigenvalue weighted by Gasteiger charge is 2.06. The van der Waals surface area contributed by atoms with Gasteiger partial charge in [0.15, 0.2) is 11.5 Å². The summed E-state index contributed by atoms with van der Waals surface area (Å²) in [6, 6.07) is 4.81. The SMILES string of the molecule is CCOCCC(=O)OCc1ccc(O)c(OC)c1. The topological polar surface area (TPSA) is 65.0 Å². The first-order valence-electron chi connectivity index (χ1n) is 5.76. The predicted molar refractivity (Wildman–Crippen MR) is 65.6 cm³/mol. The van der Waals surface area contributed by atoms with Crippen LogP contribution in [0.2, 0.25) is 0 Å². The minimum atomic E-state index is -0.310. The number of phenols is 1. The molecule has 0 saturated heterocycles. The molecule has 1 N–H and O–H groups in total. The highest BCUT2D eigenvalue weighted by molar-refractivity contribution is 5.69. The quantitative estimate of drug-likeness (QED) is 0.594. The van der Waals surface area contributed by atoms with Gasteiger partial charge >= 0.3 is 5.97 Å². The van der Waals surface area contributed by atoms with Crippen LogP contribution in [0.15, 0.2) is 18.2 Å². The van der Waals surface area contributed by atoms with Gasteiger partial charge < -0.3 is 19.3 Å². The Morgan fingerprint density at radius 2 is 2.17 bits per heavy atom. The lowest BCUT2D eigenvalue weighted by molar-refractivity contribution is -0.146. The van der Waals surface area contributed by atoms with Gasteiger partial charge in [-0.3, -0.25) is 4.79 Å². The van der Waals surface area contributed by atoms with Gasteiger partial charge in [0.05, 0.1) is 20.1 Å². The van der Waals surface area contributed by atoms with Crippen LogP contribution in [0.4, 0.5) is 0 Å². The zero-order valence-electron chi connectivity index (χ0n) is 10.6. The number of carbonyl (C=O) groups excluding carboxylic acids is 1. The second-order valence-electron chi connectivity index (χ2n) is 3.61.